The largest absolute Gasteiger partial charge is 0.324 e. The SMILES string of the molecule is CC(N)c1ccccc1Sc1ncnc2ccccc12. The lowest BCUT2D eigenvalue weighted by Crippen LogP contribution is -2.06. The molecule has 0 radical (unpaired) electrons. The normalized spacial score (nSPS) is 12.5. The minimum absolute atomic E-state index is 0.00630. The van der Waals surface area contributed by atoms with E-state index in [1.165, 1.54) is 0 Å². The minimum atomic E-state index is 0.00630. The lowest BCUT2D eigenvalue weighted by molar-refractivity contribution is 0.797. The number of rotatable bonds is 3. The topological polar surface area (TPSA) is 51.8 Å². The van der Waals surface area contributed by atoms with Gasteiger partial charge in [-0.2, -0.15) is 0 Å². The van der Waals surface area contributed by atoms with Crippen LogP contribution in [0.15, 0.2) is 64.8 Å². The van der Waals surface area contributed by atoms with Crippen molar-refractivity contribution in [3.8, 4) is 0 Å². The van der Waals surface area contributed by atoms with Crippen molar-refractivity contribution in [1.29, 1.82) is 0 Å². The predicted octanol–water partition coefficient (Wildman–Crippen LogP) is 3.80. The Morgan fingerprint density at radius 3 is 2.60 bits per heavy atom. The molecule has 0 saturated heterocycles. The maximum Gasteiger partial charge on any atom is 0.117 e. The molecular formula is C16H15N3S. The molecular weight excluding hydrogens is 266 g/mol. The lowest BCUT2D eigenvalue weighted by atomic mass is 10.1. The molecule has 0 aliphatic heterocycles. The van der Waals surface area contributed by atoms with Crippen molar-refractivity contribution in [2.24, 2.45) is 5.73 Å². The molecule has 0 fully saturated rings. The second kappa shape index (κ2) is 5.61. The summed E-state index contributed by atoms with van der Waals surface area (Å²) >= 11 is 1.64. The highest BCUT2D eigenvalue weighted by Gasteiger charge is 2.10. The zero-order valence-electron chi connectivity index (χ0n) is 11.2. The van der Waals surface area contributed by atoms with Crippen molar-refractivity contribution >= 4 is 22.7 Å². The molecule has 0 aliphatic rings. The Balaban J connectivity index is 2.06. The zero-order chi connectivity index (χ0) is 13.9. The lowest BCUT2D eigenvalue weighted by Gasteiger charge is -2.12. The quantitative estimate of drug-likeness (QED) is 0.742. The van der Waals surface area contributed by atoms with Gasteiger partial charge in [-0.15, -0.1) is 0 Å². The summed E-state index contributed by atoms with van der Waals surface area (Å²) in [6, 6.07) is 16.2. The summed E-state index contributed by atoms with van der Waals surface area (Å²) < 4.78 is 0. The Bertz CT molecular complexity index is 735. The van der Waals surface area contributed by atoms with Crippen LogP contribution in [-0.2, 0) is 0 Å². The van der Waals surface area contributed by atoms with Gasteiger partial charge in [0.15, 0.2) is 0 Å². The molecule has 2 aromatic carbocycles. The smallest absolute Gasteiger partial charge is 0.117 e. The van der Waals surface area contributed by atoms with Gasteiger partial charge >= 0.3 is 0 Å². The Kier molecular flexibility index (Phi) is 3.67. The van der Waals surface area contributed by atoms with Gasteiger partial charge in [0.25, 0.3) is 0 Å². The van der Waals surface area contributed by atoms with Gasteiger partial charge in [-0.25, -0.2) is 9.97 Å². The van der Waals surface area contributed by atoms with Crippen LogP contribution < -0.4 is 5.73 Å². The van der Waals surface area contributed by atoms with Gasteiger partial charge in [-0.05, 0) is 24.6 Å². The summed E-state index contributed by atoms with van der Waals surface area (Å²) in [4.78, 5) is 9.85. The fourth-order valence-corrected chi connectivity index (χ4v) is 3.22. The number of nitrogens with two attached hydrogens (primary N) is 1. The van der Waals surface area contributed by atoms with Gasteiger partial charge < -0.3 is 5.73 Å². The van der Waals surface area contributed by atoms with Gasteiger partial charge in [-0.3, -0.25) is 0 Å². The molecule has 1 atom stereocenters. The molecule has 0 amide bonds. The first-order valence-electron chi connectivity index (χ1n) is 6.48. The van der Waals surface area contributed by atoms with Crippen molar-refractivity contribution < 1.29 is 0 Å². The van der Waals surface area contributed by atoms with Crippen LogP contribution in [0, 0.1) is 0 Å². The molecule has 1 unspecified atom stereocenters. The summed E-state index contributed by atoms with van der Waals surface area (Å²) in [7, 11) is 0. The number of hydrogen-bond donors (Lipinski definition) is 1. The summed E-state index contributed by atoms with van der Waals surface area (Å²) in [6.45, 7) is 2.00. The maximum atomic E-state index is 6.03. The molecule has 0 bridgehead atoms. The van der Waals surface area contributed by atoms with Crippen LogP contribution in [0.4, 0.5) is 0 Å². The fourth-order valence-electron chi connectivity index (χ4n) is 2.12. The van der Waals surface area contributed by atoms with E-state index in [1.54, 1.807) is 18.1 Å². The van der Waals surface area contributed by atoms with Crippen LogP contribution in [0.1, 0.15) is 18.5 Å². The predicted molar refractivity (Wildman–Crippen MR) is 82.7 cm³/mol. The Morgan fingerprint density at radius 1 is 1.00 bits per heavy atom. The number of nitrogens with zero attached hydrogens (tertiary/aromatic N) is 2. The third-order valence-corrected chi connectivity index (χ3v) is 4.23. The standard InChI is InChI=1S/C16H15N3S/c1-11(17)12-6-3-5-9-15(12)20-16-13-7-2-4-8-14(13)18-10-19-16/h2-11H,17H2,1H3. The van der Waals surface area contributed by atoms with Gasteiger partial charge in [0.2, 0.25) is 0 Å². The van der Waals surface area contributed by atoms with Gasteiger partial charge in [0.05, 0.1) is 5.52 Å². The maximum absolute atomic E-state index is 6.03. The molecule has 3 aromatic rings. The molecule has 2 N–H and O–H groups in total. The van der Waals surface area contributed by atoms with E-state index < -0.39 is 0 Å². The van der Waals surface area contributed by atoms with Crippen molar-refractivity contribution in [1.82, 2.24) is 9.97 Å². The van der Waals surface area contributed by atoms with Crippen LogP contribution in [0.3, 0.4) is 0 Å². The minimum Gasteiger partial charge on any atom is -0.324 e. The Labute approximate surface area is 122 Å². The first-order valence-corrected chi connectivity index (χ1v) is 7.29. The first kappa shape index (κ1) is 13.1. The third kappa shape index (κ3) is 2.53. The molecule has 3 rings (SSSR count). The molecule has 0 saturated carbocycles. The van der Waals surface area contributed by atoms with Crippen LogP contribution in [-0.4, -0.2) is 9.97 Å². The first-order chi connectivity index (χ1) is 9.75. The molecule has 1 aromatic heterocycles. The highest BCUT2D eigenvalue weighted by Crippen LogP contribution is 2.34. The molecule has 0 spiro atoms. The molecule has 0 aliphatic carbocycles. The van der Waals surface area contributed by atoms with Crippen LogP contribution >= 0.6 is 11.8 Å². The average Bonchev–Trinajstić information content (AvgIpc) is 2.48. The Hall–Kier alpha value is -1.91. The highest BCUT2D eigenvalue weighted by molar-refractivity contribution is 7.99. The van der Waals surface area contributed by atoms with Crippen LogP contribution in [0.25, 0.3) is 10.9 Å². The van der Waals surface area contributed by atoms with Crippen LogP contribution in [0.5, 0.6) is 0 Å². The van der Waals surface area contributed by atoms with E-state index in [9.17, 15) is 0 Å². The number of hydrogen-bond acceptors (Lipinski definition) is 4. The highest BCUT2D eigenvalue weighted by atomic mass is 32.2. The van der Waals surface area contributed by atoms with Crippen molar-refractivity contribution in [2.75, 3.05) is 0 Å². The summed E-state index contributed by atoms with van der Waals surface area (Å²) in [5, 5.41) is 2.03. The second-order valence-electron chi connectivity index (χ2n) is 4.62. The molecule has 4 heteroatoms. The van der Waals surface area contributed by atoms with E-state index in [1.807, 2.05) is 43.3 Å². The van der Waals surface area contributed by atoms with E-state index in [0.29, 0.717) is 0 Å². The second-order valence-corrected chi connectivity index (χ2v) is 5.66. The van der Waals surface area contributed by atoms with Gasteiger partial charge in [0.1, 0.15) is 11.4 Å². The number of benzene rings is 2. The fraction of sp³-hybridized carbons (Fsp3) is 0.125. The van der Waals surface area contributed by atoms with Crippen molar-refractivity contribution in [2.45, 2.75) is 22.9 Å². The molecule has 1 heterocycles. The monoisotopic (exact) mass is 281 g/mol. The summed E-state index contributed by atoms with van der Waals surface area (Å²) in [5.41, 5.74) is 8.14. The average molecular weight is 281 g/mol. The number of fused-ring (bicyclic) bond motifs is 1. The summed E-state index contributed by atoms with van der Waals surface area (Å²) in [6.07, 6.45) is 1.61. The van der Waals surface area contributed by atoms with E-state index >= 15 is 0 Å². The van der Waals surface area contributed by atoms with E-state index in [-0.39, 0.29) is 6.04 Å². The zero-order valence-corrected chi connectivity index (χ0v) is 12.0. The van der Waals surface area contributed by atoms with E-state index in [4.69, 9.17) is 5.73 Å². The van der Waals surface area contributed by atoms with E-state index in [0.717, 1.165) is 26.4 Å². The summed E-state index contributed by atoms with van der Waals surface area (Å²) in [5.74, 6) is 0. The van der Waals surface area contributed by atoms with Gasteiger partial charge in [-0.1, -0.05) is 48.2 Å². The molecule has 100 valence electrons. The number of para-hydroxylation sites is 1. The van der Waals surface area contributed by atoms with Crippen molar-refractivity contribution in [3.05, 3.63) is 60.4 Å². The number of aromatic nitrogens is 2. The van der Waals surface area contributed by atoms with Crippen molar-refractivity contribution in [3.63, 3.8) is 0 Å². The molecule has 20 heavy (non-hydrogen) atoms. The van der Waals surface area contributed by atoms with Crippen LogP contribution in [0.2, 0.25) is 0 Å². The third-order valence-electron chi connectivity index (χ3n) is 3.12. The Morgan fingerprint density at radius 2 is 1.75 bits per heavy atom. The van der Waals surface area contributed by atoms with Gasteiger partial charge in [0, 0.05) is 16.3 Å². The molecule has 3 nitrogen and oxygen atoms in total. The van der Waals surface area contributed by atoms with E-state index in [2.05, 4.69) is 22.1 Å².